The van der Waals surface area contributed by atoms with Gasteiger partial charge < -0.3 is 4.74 Å². The lowest BCUT2D eigenvalue weighted by Crippen LogP contribution is -2.14. The van der Waals surface area contributed by atoms with E-state index in [1.807, 2.05) is 0 Å². The molecule has 8 heteroatoms. The van der Waals surface area contributed by atoms with Crippen molar-refractivity contribution in [3.8, 4) is 0 Å². The Balaban J connectivity index is 2.77. The Hall–Kier alpha value is -1.70. The maximum atomic E-state index is 11.5. The summed E-state index contributed by atoms with van der Waals surface area (Å²) >= 11 is 0. The summed E-state index contributed by atoms with van der Waals surface area (Å²) in [4.78, 5) is 11.5. The van der Waals surface area contributed by atoms with E-state index < -0.39 is 15.8 Å². The molecule has 18 heavy (non-hydrogen) atoms. The second-order valence-electron chi connectivity index (χ2n) is 3.76. The summed E-state index contributed by atoms with van der Waals surface area (Å²) in [6.45, 7) is 5.31. The molecule has 0 amide bonds. The minimum Gasteiger partial charge on any atom is -0.457 e. The average Bonchev–Trinajstić information content (AvgIpc) is 2.64. The third-order valence-electron chi connectivity index (χ3n) is 2.18. The number of hydrogen-bond acceptors (Lipinski definition) is 6. The van der Waals surface area contributed by atoms with Crippen molar-refractivity contribution in [1.29, 1.82) is 0 Å². The van der Waals surface area contributed by atoms with Gasteiger partial charge in [-0.25, -0.2) is 17.9 Å². The van der Waals surface area contributed by atoms with Crippen LogP contribution in [0.5, 0.6) is 0 Å². The van der Waals surface area contributed by atoms with Crippen LogP contribution < -0.4 is 0 Å². The minimum absolute atomic E-state index is 0.0572. The molecule has 0 saturated heterocycles. The van der Waals surface area contributed by atoms with E-state index in [0.717, 1.165) is 6.26 Å². The quantitative estimate of drug-likeness (QED) is 0.534. The summed E-state index contributed by atoms with van der Waals surface area (Å²) in [5.74, 6) is -0.656. The highest BCUT2D eigenvalue weighted by Gasteiger charge is 2.18. The Bertz CT molecular complexity index is 547. The first-order valence-electron chi connectivity index (χ1n) is 5.21. The zero-order valence-corrected chi connectivity index (χ0v) is 11.1. The van der Waals surface area contributed by atoms with Crippen molar-refractivity contribution < 1.29 is 17.9 Å². The first-order valence-corrected chi connectivity index (χ1v) is 7.27. The molecule has 1 aromatic heterocycles. The fourth-order valence-corrected chi connectivity index (χ4v) is 1.72. The number of aryl methyl sites for hydroxylation is 1. The second-order valence-corrected chi connectivity index (χ2v) is 6.02. The second kappa shape index (κ2) is 5.76. The standard InChI is InChI=1S/C10H15N3O4S/c1-4-6-17-10(14)9-8(2)13(12-11-9)5-7-18(3,15)16/h4H,1,5-7H2,2-3H3. The van der Waals surface area contributed by atoms with Crippen molar-refractivity contribution in [2.45, 2.75) is 13.5 Å². The van der Waals surface area contributed by atoms with Gasteiger partial charge in [0.2, 0.25) is 0 Å². The van der Waals surface area contributed by atoms with Gasteiger partial charge in [0.15, 0.2) is 5.69 Å². The molecule has 0 spiro atoms. The normalized spacial score (nSPS) is 11.2. The molecule has 1 aromatic rings. The monoisotopic (exact) mass is 273 g/mol. The third kappa shape index (κ3) is 3.95. The van der Waals surface area contributed by atoms with Gasteiger partial charge in [-0.1, -0.05) is 17.9 Å². The van der Waals surface area contributed by atoms with Crippen LogP contribution in [0.2, 0.25) is 0 Å². The van der Waals surface area contributed by atoms with Crippen LogP contribution in [0, 0.1) is 6.92 Å². The summed E-state index contributed by atoms with van der Waals surface area (Å²) in [6, 6.07) is 0. The zero-order chi connectivity index (χ0) is 13.8. The summed E-state index contributed by atoms with van der Waals surface area (Å²) in [6.07, 6.45) is 2.58. The summed E-state index contributed by atoms with van der Waals surface area (Å²) in [7, 11) is -3.08. The molecule has 0 aliphatic rings. The summed E-state index contributed by atoms with van der Waals surface area (Å²) < 4.78 is 28.3. The zero-order valence-electron chi connectivity index (χ0n) is 10.3. The van der Waals surface area contributed by atoms with E-state index >= 15 is 0 Å². The van der Waals surface area contributed by atoms with Crippen LogP contribution in [0.15, 0.2) is 12.7 Å². The predicted molar refractivity (Wildman–Crippen MR) is 64.9 cm³/mol. The number of carbonyl (C=O) groups excluding carboxylic acids is 1. The Morgan fingerprint density at radius 2 is 2.22 bits per heavy atom. The molecule has 0 saturated carbocycles. The highest BCUT2D eigenvalue weighted by Crippen LogP contribution is 2.06. The van der Waals surface area contributed by atoms with Crippen LogP contribution in [0.3, 0.4) is 0 Å². The van der Waals surface area contributed by atoms with Gasteiger partial charge in [0, 0.05) is 6.26 Å². The molecule has 0 fully saturated rings. The highest BCUT2D eigenvalue weighted by atomic mass is 32.2. The highest BCUT2D eigenvalue weighted by molar-refractivity contribution is 7.90. The smallest absolute Gasteiger partial charge is 0.361 e. The molecule has 0 aliphatic carbocycles. The van der Waals surface area contributed by atoms with E-state index in [9.17, 15) is 13.2 Å². The van der Waals surface area contributed by atoms with E-state index in [1.54, 1.807) is 6.92 Å². The number of ether oxygens (including phenoxy) is 1. The Kier molecular flexibility index (Phi) is 4.60. The SMILES string of the molecule is C=CCOC(=O)c1nnn(CCS(C)(=O)=O)c1C. The van der Waals surface area contributed by atoms with Crippen LogP contribution in [-0.2, 0) is 21.1 Å². The van der Waals surface area contributed by atoms with Gasteiger partial charge in [-0.05, 0) is 6.92 Å². The van der Waals surface area contributed by atoms with Crippen LogP contribution >= 0.6 is 0 Å². The fraction of sp³-hybridized carbons (Fsp3) is 0.500. The Morgan fingerprint density at radius 1 is 1.56 bits per heavy atom. The predicted octanol–water partition coefficient (Wildman–Crippen LogP) is -0.0261. The van der Waals surface area contributed by atoms with Gasteiger partial charge in [0.25, 0.3) is 0 Å². The van der Waals surface area contributed by atoms with Crippen molar-refractivity contribution in [3.63, 3.8) is 0 Å². The van der Waals surface area contributed by atoms with Crippen LogP contribution in [-0.4, -0.2) is 48.0 Å². The minimum atomic E-state index is -3.08. The fourth-order valence-electron chi connectivity index (χ4n) is 1.22. The first-order chi connectivity index (χ1) is 8.35. The number of rotatable bonds is 6. The van der Waals surface area contributed by atoms with Crippen molar-refractivity contribution >= 4 is 15.8 Å². The van der Waals surface area contributed by atoms with E-state index in [2.05, 4.69) is 16.9 Å². The van der Waals surface area contributed by atoms with Crippen LogP contribution in [0.4, 0.5) is 0 Å². The number of nitrogens with zero attached hydrogens (tertiary/aromatic N) is 3. The van der Waals surface area contributed by atoms with Crippen molar-refractivity contribution in [3.05, 3.63) is 24.0 Å². The van der Waals surface area contributed by atoms with E-state index in [-0.39, 0.29) is 24.6 Å². The van der Waals surface area contributed by atoms with Gasteiger partial charge in [0.1, 0.15) is 16.4 Å². The van der Waals surface area contributed by atoms with Crippen molar-refractivity contribution in [1.82, 2.24) is 15.0 Å². The van der Waals surface area contributed by atoms with Gasteiger partial charge >= 0.3 is 5.97 Å². The van der Waals surface area contributed by atoms with Gasteiger partial charge in [-0.15, -0.1) is 5.10 Å². The van der Waals surface area contributed by atoms with E-state index in [0.29, 0.717) is 5.69 Å². The lowest BCUT2D eigenvalue weighted by molar-refractivity contribution is 0.0542. The lowest BCUT2D eigenvalue weighted by atomic mass is 10.3. The third-order valence-corrected chi connectivity index (χ3v) is 3.11. The van der Waals surface area contributed by atoms with Gasteiger partial charge in [0.05, 0.1) is 18.0 Å². The molecule has 1 rings (SSSR count). The number of sulfone groups is 1. The number of carbonyl (C=O) groups is 1. The lowest BCUT2D eigenvalue weighted by Gasteiger charge is -2.02. The molecule has 0 aromatic carbocycles. The molecule has 0 aliphatic heterocycles. The van der Waals surface area contributed by atoms with Crippen molar-refractivity contribution in [2.75, 3.05) is 18.6 Å². The van der Waals surface area contributed by atoms with Crippen LogP contribution in [0.1, 0.15) is 16.2 Å². The van der Waals surface area contributed by atoms with Gasteiger partial charge in [-0.3, -0.25) is 0 Å². The maximum absolute atomic E-state index is 11.5. The van der Waals surface area contributed by atoms with E-state index in [4.69, 9.17) is 4.74 Å². The maximum Gasteiger partial charge on any atom is 0.361 e. The first kappa shape index (κ1) is 14.4. The molecular weight excluding hydrogens is 258 g/mol. The molecule has 0 atom stereocenters. The largest absolute Gasteiger partial charge is 0.457 e. The Morgan fingerprint density at radius 3 is 2.78 bits per heavy atom. The number of aromatic nitrogens is 3. The molecule has 100 valence electrons. The topological polar surface area (TPSA) is 91.2 Å². The number of esters is 1. The molecule has 0 radical (unpaired) electrons. The average molecular weight is 273 g/mol. The van der Waals surface area contributed by atoms with Gasteiger partial charge in [-0.2, -0.15) is 0 Å². The van der Waals surface area contributed by atoms with Crippen LogP contribution in [0.25, 0.3) is 0 Å². The molecule has 0 bridgehead atoms. The molecular formula is C10H15N3O4S. The molecule has 1 heterocycles. The summed E-state index contributed by atoms with van der Waals surface area (Å²) in [5, 5.41) is 7.40. The summed E-state index contributed by atoms with van der Waals surface area (Å²) in [5.41, 5.74) is 0.568. The molecule has 0 unspecified atom stereocenters. The number of hydrogen-bond donors (Lipinski definition) is 0. The van der Waals surface area contributed by atoms with E-state index in [1.165, 1.54) is 10.8 Å². The Labute approximate surface area is 105 Å². The molecule has 7 nitrogen and oxygen atoms in total. The molecule has 0 N–H and O–H groups in total. The van der Waals surface area contributed by atoms with Crippen molar-refractivity contribution in [2.24, 2.45) is 0 Å².